The van der Waals surface area contributed by atoms with Crippen molar-refractivity contribution in [2.45, 2.75) is 39.0 Å². The lowest BCUT2D eigenvalue weighted by molar-refractivity contribution is 0.351. The van der Waals surface area contributed by atoms with E-state index in [0.717, 1.165) is 47.0 Å². The second-order valence-corrected chi connectivity index (χ2v) is 8.59. The number of rotatable bonds is 5. The lowest BCUT2D eigenvalue weighted by Gasteiger charge is -2.24. The highest BCUT2D eigenvalue weighted by molar-refractivity contribution is 6.59. The second-order valence-electron chi connectivity index (χ2n) is 8.59. The third-order valence-corrected chi connectivity index (χ3v) is 6.16. The molecule has 0 saturated heterocycles. The summed E-state index contributed by atoms with van der Waals surface area (Å²) in [5.74, 6) is 1.07. The molecule has 1 unspecified atom stereocenters. The number of nitrogens with one attached hydrogen (secondary N) is 1. The monoisotopic (exact) mass is 433 g/mol. The van der Waals surface area contributed by atoms with Gasteiger partial charge in [0.2, 0.25) is 5.95 Å². The predicted molar refractivity (Wildman–Crippen MR) is 123 cm³/mol. The SMILES string of the molecule is CC1Cc2c(B(O)O)cccc2N1c1nc2c(c(NCc3cccc(F)c3)n1)CN(C)C2. The largest absolute Gasteiger partial charge is 0.488 e. The summed E-state index contributed by atoms with van der Waals surface area (Å²) in [6.07, 6.45) is 0.676. The summed E-state index contributed by atoms with van der Waals surface area (Å²) >= 11 is 0. The molecule has 0 amide bonds. The summed E-state index contributed by atoms with van der Waals surface area (Å²) in [6.45, 7) is 4.01. The van der Waals surface area contributed by atoms with Crippen LogP contribution in [0, 0.1) is 5.82 Å². The summed E-state index contributed by atoms with van der Waals surface area (Å²) in [4.78, 5) is 14.0. The van der Waals surface area contributed by atoms with E-state index in [4.69, 9.17) is 9.97 Å². The molecule has 7 nitrogen and oxygen atoms in total. The summed E-state index contributed by atoms with van der Waals surface area (Å²) in [5, 5.41) is 23.0. The van der Waals surface area contributed by atoms with Gasteiger partial charge in [-0.05, 0) is 55.2 Å². The van der Waals surface area contributed by atoms with Gasteiger partial charge in [-0.1, -0.05) is 24.3 Å². The minimum absolute atomic E-state index is 0.0677. The fourth-order valence-corrected chi connectivity index (χ4v) is 4.69. The quantitative estimate of drug-likeness (QED) is 0.531. The molecule has 0 spiro atoms. The number of hydrogen-bond donors (Lipinski definition) is 3. The van der Waals surface area contributed by atoms with E-state index in [0.29, 0.717) is 24.4 Å². The molecule has 0 bridgehead atoms. The van der Waals surface area contributed by atoms with Crippen molar-refractivity contribution >= 4 is 30.0 Å². The maximum absolute atomic E-state index is 13.6. The Morgan fingerprint density at radius 3 is 2.72 bits per heavy atom. The fourth-order valence-electron chi connectivity index (χ4n) is 4.69. The average molecular weight is 433 g/mol. The maximum atomic E-state index is 13.6. The molecule has 164 valence electrons. The molecule has 3 aromatic rings. The molecule has 2 aliphatic rings. The van der Waals surface area contributed by atoms with Gasteiger partial charge in [0.15, 0.2) is 0 Å². The topological polar surface area (TPSA) is 84.8 Å². The first-order valence-electron chi connectivity index (χ1n) is 10.7. The second kappa shape index (κ2) is 8.16. The molecule has 3 heterocycles. The third-order valence-electron chi connectivity index (χ3n) is 6.16. The normalized spacial score (nSPS) is 17.4. The minimum atomic E-state index is -1.52. The molecule has 0 fully saturated rings. The van der Waals surface area contributed by atoms with Gasteiger partial charge in [-0.15, -0.1) is 0 Å². The number of aromatic nitrogens is 2. The molecule has 0 aliphatic carbocycles. The van der Waals surface area contributed by atoms with Crippen LogP contribution in [0.5, 0.6) is 0 Å². The van der Waals surface area contributed by atoms with Crippen LogP contribution < -0.4 is 15.7 Å². The average Bonchev–Trinajstić information content (AvgIpc) is 3.29. The Labute approximate surface area is 186 Å². The molecule has 0 radical (unpaired) electrons. The molecular weight excluding hydrogens is 408 g/mol. The van der Waals surface area contributed by atoms with Crippen LogP contribution in [0.2, 0.25) is 0 Å². The smallest absolute Gasteiger partial charge is 0.423 e. The maximum Gasteiger partial charge on any atom is 0.488 e. The van der Waals surface area contributed by atoms with Crippen LogP contribution in [0.25, 0.3) is 0 Å². The summed E-state index contributed by atoms with van der Waals surface area (Å²) < 4.78 is 13.6. The lowest BCUT2D eigenvalue weighted by atomic mass is 9.76. The summed E-state index contributed by atoms with van der Waals surface area (Å²) in [5.41, 5.74) is 5.18. The van der Waals surface area contributed by atoms with Gasteiger partial charge in [-0.25, -0.2) is 9.37 Å². The van der Waals surface area contributed by atoms with Gasteiger partial charge >= 0.3 is 7.12 Å². The Balaban J connectivity index is 1.53. The zero-order valence-electron chi connectivity index (χ0n) is 18.1. The van der Waals surface area contributed by atoms with Crippen molar-refractivity contribution in [3.63, 3.8) is 0 Å². The van der Waals surface area contributed by atoms with Crippen LogP contribution in [0.15, 0.2) is 42.5 Å². The Morgan fingerprint density at radius 1 is 1.12 bits per heavy atom. The molecule has 9 heteroatoms. The Kier molecular flexibility index (Phi) is 5.32. The van der Waals surface area contributed by atoms with Crippen LogP contribution in [0.4, 0.5) is 21.8 Å². The molecule has 5 rings (SSSR count). The molecule has 2 aliphatic heterocycles. The van der Waals surface area contributed by atoms with Crippen molar-refractivity contribution in [2.24, 2.45) is 0 Å². The van der Waals surface area contributed by atoms with Crippen LogP contribution >= 0.6 is 0 Å². The number of nitrogens with zero attached hydrogens (tertiary/aromatic N) is 4. The van der Waals surface area contributed by atoms with Crippen LogP contribution in [0.1, 0.15) is 29.3 Å². The van der Waals surface area contributed by atoms with E-state index in [1.54, 1.807) is 12.1 Å². The van der Waals surface area contributed by atoms with Gasteiger partial charge in [0.25, 0.3) is 0 Å². The standard InChI is InChI=1S/C23H25BFN5O2/c1-14-9-17-19(24(31)32)7-4-8-21(17)30(14)23-27-20-13-29(2)12-18(20)22(28-23)26-11-15-5-3-6-16(25)10-15/h3-8,10,14,31-32H,9,11-13H2,1-2H3,(H,26,27,28). The number of halogens is 1. The fraction of sp³-hybridized carbons (Fsp3) is 0.304. The van der Waals surface area contributed by atoms with Gasteiger partial charge in [-0.3, -0.25) is 4.90 Å². The van der Waals surface area contributed by atoms with Gasteiger partial charge in [-0.2, -0.15) is 4.98 Å². The van der Waals surface area contributed by atoms with Crippen molar-refractivity contribution in [3.8, 4) is 0 Å². The first kappa shape index (κ1) is 20.9. The van der Waals surface area contributed by atoms with Crippen LogP contribution in [-0.2, 0) is 26.1 Å². The minimum Gasteiger partial charge on any atom is -0.423 e. The molecule has 3 N–H and O–H groups in total. The van der Waals surface area contributed by atoms with Gasteiger partial charge in [0.1, 0.15) is 11.6 Å². The molecule has 1 aromatic heterocycles. The Bertz CT molecular complexity index is 1180. The molecule has 2 aromatic carbocycles. The summed E-state index contributed by atoms with van der Waals surface area (Å²) in [6, 6.07) is 12.1. The first-order chi connectivity index (χ1) is 15.4. The van der Waals surface area contributed by atoms with E-state index < -0.39 is 7.12 Å². The number of fused-ring (bicyclic) bond motifs is 2. The number of benzene rings is 2. The van der Waals surface area contributed by atoms with Gasteiger partial charge in [0, 0.05) is 36.9 Å². The Morgan fingerprint density at radius 2 is 1.94 bits per heavy atom. The summed E-state index contributed by atoms with van der Waals surface area (Å²) in [7, 11) is 0.524. The van der Waals surface area contributed by atoms with Crippen molar-refractivity contribution in [1.82, 2.24) is 14.9 Å². The van der Waals surface area contributed by atoms with Crippen molar-refractivity contribution in [3.05, 3.63) is 70.7 Å². The highest BCUT2D eigenvalue weighted by Gasteiger charge is 2.34. The van der Waals surface area contributed by atoms with Crippen LogP contribution in [-0.4, -0.2) is 45.1 Å². The lowest BCUT2D eigenvalue weighted by Crippen LogP contribution is -2.32. The zero-order chi connectivity index (χ0) is 22.4. The van der Waals surface area contributed by atoms with Crippen molar-refractivity contribution < 1.29 is 14.4 Å². The molecular formula is C23H25BFN5O2. The third kappa shape index (κ3) is 3.72. The van der Waals surface area contributed by atoms with E-state index in [-0.39, 0.29) is 11.9 Å². The van der Waals surface area contributed by atoms with E-state index in [9.17, 15) is 14.4 Å². The number of anilines is 3. The van der Waals surface area contributed by atoms with E-state index in [1.165, 1.54) is 12.1 Å². The van der Waals surface area contributed by atoms with E-state index in [1.807, 2.05) is 25.2 Å². The molecule has 0 saturated carbocycles. The number of hydrogen-bond acceptors (Lipinski definition) is 7. The van der Waals surface area contributed by atoms with E-state index >= 15 is 0 Å². The van der Waals surface area contributed by atoms with Crippen molar-refractivity contribution in [1.29, 1.82) is 0 Å². The highest BCUT2D eigenvalue weighted by Crippen LogP contribution is 2.38. The first-order valence-corrected chi connectivity index (χ1v) is 10.7. The zero-order valence-corrected chi connectivity index (χ0v) is 18.1. The Hall–Kier alpha value is -3.01. The van der Waals surface area contributed by atoms with E-state index in [2.05, 4.69) is 22.0 Å². The predicted octanol–water partition coefficient (Wildman–Crippen LogP) is 1.94. The highest BCUT2D eigenvalue weighted by atomic mass is 19.1. The van der Waals surface area contributed by atoms with Crippen LogP contribution in [0.3, 0.4) is 0 Å². The van der Waals surface area contributed by atoms with Gasteiger partial charge < -0.3 is 20.3 Å². The van der Waals surface area contributed by atoms with Crippen molar-refractivity contribution in [2.75, 3.05) is 17.3 Å². The molecule has 1 atom stereocenters. The van der Waals surface area contributed by atoms with Gasteiger partial charge in [0.05, 0.1) is 5.69 Å². The molecule has 32 heavy (non-hydrogen) atoms.